The average Bonchev–Trinajstić information content (AvgIpc) is 3.26. The third-order valence-electron chi connectivity index (χ3n) is 3.46. The zero-order chi connectivity index (χ0) is 15.1. The SMILES string of the molecule is O=[N+]([O-])c1c(Sc2nnnn2C2CC2)ccc2ncccc12. The van der Waals surface area contributed by atoms with E-state index in [-0.39, 0.29) is 10.6 Å². The number of nitro benzene ring substituents is 1. The molecule has 0 bridgehead atoms. The van der Waals surface area contributed by atoms with E-state index in [1.165, 1.54) is 11.8 Å². The second kappa shape index (κ2) is 5.02. The van der Waals surface area contributed by atoms with Crippen LogP contribution in [-0.4, -0.2) is 30.1 Å². The molecule has 0 spiro atoms. The predicted octanol–water partition coefficient (Wildman–Crippen LogP) is 2.62. The molecule has 1 aromatic carbocycles. The van der Waals surface area contributed by atoms with Crippen LogP contribution in [-0.2, 0) is 0 Å². The summed E-state index contributed by atoms with van der Waals surface area (Å²) < 4.78 is 1.74. The van der Waals surface area contributed by atoms with Crippen LogP contribution in [0.5, 0.6) is 0 Å². The number of hydrogen-bond donors (Lipinski definition) is 0. The van der Waals surface area contributed by atoms with E-state index in [4.69, 9.17) is 0 Å². The fourth-order valence-electron chi connectivity index (χ4n) is 2.29. The van der Waals surface area contributed by atoms with E-state index in [1.54, 1.807) is 35.1 Å². The summed E-state index contributed by atoms with van der Waals surface area (Å²) in [6, 6.07) is 7.19. The standard InChI is InChI=1S/C13H10N6O2S/c20-19(21)12-9-2-1-7-14-10(9)5-6-11(12)22-13-15-16-17-18(13)8-3-4-8/h1-2,5-8H,3-4H2. The van der Waals surface area contributed by atoms with Gasteiger partial charge in [-0.3, -0.25) is 15.1 Å². The van der Waals surface area contributed by atoms with Crippen LogP contribution >= 0.6 is 11.8 Å². The molecule has 0 radical (unpaired) electrons. The summed E-state index contributed by atoms with van der Waals surface area (Å²) in [7, 11) is 0. The third kappa shape index (κ3) is 2.19. The van der Waals surface area contributed by atoms with Crippen molar-refractivity contribution >= 4 is 28.4 Å². The van der Waals surface area contributed by atoms with Gasteiger partial charge in [0.05, 0.1) is 26.8 Å². The first-order valence-corrected chi connectivity index (χ1v) is 7.53. The Kier molecular flexibility index (Phi) is 3.00. The van der Waals surface area contributed by atoms with Crippen molar-refractivity contribution < 1.29 is 4.92 Å². The fourth-order valence-corrected chi connectivity index (χ4v) is 3.26. The summed E-state index contributed by atoms with van der Waals surface area (Å²) in [5, 5.41) is 24.2. The van der Waals surface area contributed by atoms with Gasteiger partial charge in [0, 0.05) is 6.20 Å². The molecule has 4 rings (SSSR count). The van der Waals surface area contributed by atoms with Crippen molar-refractivity contribution in [2.75, 3.05) is 0 Å². The molecule has 0 amide bonds. The fraction of sp³-hybridized carbons (Fsp3) is 0.231. The molecule has 8 nitrogen and oxygen atoms in total. The Labute approximate surface area is 128 Å². The van der Waals surface area contributed by atoms with Crippen LogP contribution in [0.1, 0.15) is 18.9 Å². The van der Waals surface area contributed by atoms with Crippen LogP contribution in [0.2, 0.25) is 0 Å². The lowest BCUT2D eigenvalue weighted by molar-refractivity contribution is -0.385. The van der Waals surface area contributed by atoms with Gasteiger partial charge in [-0.2, -0.15) is 0 Å². The maximum atomic E-state index is 11.5. The van der Waals surface area contributed by atoms with E-state index < -0.39 is 0 Å². The van der Waals surface area contributed by atoms with Gasteiger partial charge in [0.15, 0.2) is 0 Å². The lowest BCUT2D eigenvalue weighted by Crippen LogP contribution is -1.99. The second-order valence-corrected chi connectivity index (χ2v) is 5.99. The quantitative estimate of drug-likeness (QED) is 0.539. The predicted molar refractivity (Wildman–Crippen MR) is 78.6 cm³/mol. The lowest BCUT2D eigenvalue weighted by Gasteiger charge is -2.05. The van der Waals surface area contributed by atoms with Gasteiger partial charge in [-0.05, 0) is 59.3 Å². The Bertz CT molecular complexity index is 876. The molecule has 2 heterocycles. The summed E-state index contributed by atoms with van der Waals surface area (Å²) >= 11 is 1.22. The number of nitro groups is 1. The molecule has 0 saturated heterocycles. The Hall–Kier alpha value is -2.55. The topological polar surface area (TPSA) is 99.6 Å². The summed E-state index contributed by atoms with van der Waals surface area (Å²) in [6.45, 7) is 0. The number of tetrazole rings is 1. The molecule has 9 heteroatoms. The minimum Gasteiger partial charge on any atom is -0.258 e. The minimum atomic E-state index is -0.377. The highest BCUT2D eigenvalue weighted by Gasteiger charge is 2.29. The second-order valence-electron chi connectivity index (χ2n) is 4.98. The summed E-state index contributed by atoms with van der Waals surface area (Å²) in [5.41, 5.74) is 0.640. The van der Waals surface area contributed by atoms with Gasteiger partial charge in [-0.1, -0.05) is 0 Å². The molecule has 3 aromatic rings. The number of aromatic nitrogens is 5. The van der Waals surface area contributed by atoms with E-state index in [2.05, 4.69) is 20.5 Å². The van der Waals surface area contributed by atoms with Gasteiger partial charge >= 0.3 is 0 Å². The van der Waals surface area contributed by atoms with Crippen molar-refractivity contribution in [3.63, 3.8) is 0 Å². The minimum absolute atomic E-state index is 0.0425. The first kappa shape index (κ1) is 13.1. The van der Waals surface area contributed by atoms with Gasteiger partial charge in [0.1, 0.15) is 0 Å². The largest absolute Gasteiger partial charge is 0.292 e. The molecular formula is C13H10N6O2S. The smallest absolute Gasteiger partial charge is 0.258 e. The number of fused-ring (bicyclic) bond motifs is 1. The van der Waals surface area contributed by atoms with Gasteiger partial charge < -0.3 is 0 Å². The van der Waals surface area contributed by atoms with Crippen molar-refractivity contribution in [3.05, 3.63) is 40.6 Å². The molecule has 0 unspecified atom stereocenters. The molecule has 22 heavy (non-hydrogen) atoms. The van der Waals surface area contributed by atoms with E-state index in [1.807, 2.05) is 0 Å². The van der Waals surface area contributed by atoms with Gasteiger partial charge in [-0.25, -0.2) is 4.68 Å². The Morgan fingerprint density at radius 3 is 2.95 bits per heavy atom. The van der Waals surface area contributed by atoms with Gasteiger partial charge in [-0.15, -0.1) is 5.10 Å². The molecule has 2 aromatic heterocycles. The molecule has 0 atom stereocenters. The van der Waals surface area contributed by atoms with Crippen molar-refractivity contribution in [1.29, 1.82) is 0 Å². The van der Waals surface area contributed by atoms with Crippen LogP contribution in [0.15, 0.2) is 40.5 Å². The monoisotopic (exact) mass is 314 g/mol. The number of hydrogen-bond acceptors (Lipinski definition) is 7. The Morgan fingerprint density at radius 2 is 2.18 bits per heavy atom. The highest BCUT2D eigenvalue weighted by atomic mass is 32.2. The maximum absolute atomic E-state index is 11.5. The van der Waals surface area contributed by atoms with E-state index in [9.17, 15) is 10.1 Å². The third-order valence-corrected chi connectivity index (χ3v) is 4.46. The molecule has 0 N–H and O–H groups in total. The van der Waals surface area contributed by atoms with Crippen LogP contribution in [0.25, 0.3) is 10.9 Å². The van der Waals surface area contributed by atoms with Crippen LogP contribution in [0.4, 0.5) is 5.69 Å². The average molecular weight is 314 g/mol. The summed E-state index contributed by atoms with van der Waals surface area (Å²) in [4.78, 5) is 15.8. The Morgan fingerprint density at radius 1 is 1.32 bits per heavy atom. The maximum Gasteiger partial charge on any atom is 0.292 e. The van der Waals surface area contributed by atoms with Crippen molar-refractivity contribution in [2.24, 2.45) is 0 Å². The van der Waals surface area contributed by atoms with Crippen molar-refractivity contribution in [2.45, 2.75) is 28.9 Å². The zero-order valence-corrected chi connectivity index (χ0v) is 12.1. The molecular weight excluding hydrogens is 304 g/mol. The Balaban J connectivity index is 1.82. The van der Waals surface area contributed by atoms with Crippen molar-refractivity contribution in [3.8, 4) is 0 Å². The first-order valence-electron chi connectivity index (χ1n) is 6.72. The summed E-state index contributed by atoms with van der Waals surface area (Å²) in [5.74, 6) is 0. The number of pyridine rings is 1. The number of nitrogens with zero attached hydrogens (tertiary/aromatic N) is 6. The van der Waals surface area contributed by atoms with Crippen LogP contribution in [0, 0.1) is 10.1 Å². The summed E-state index contributed by atoms with van der Waals surface area (Å²) in [6.07, 6.45) is 3.71. The van der Waals surface area contributed by atoms with Crippen LogP contribution < -0.4 is 0 Å². The zero-order valence-electron chi connectivity index (χ0n) is 11.3. The molecule has 1 aliphatic carbocycles. The van der Waals surface area contributed by atoms with Crippen LogP contribution in [0.3, 0.4) is 0 Å². The van der Waals surface area contributed by atoms with Crippen molar-refractivity contribution in [1.82, 2.24) is 25.2 Å². The number of rotatable bonds is 4. The highest BCUT2D eigenvalue weighted by Crippen LogP contribution is 2.41. The van der Waals surface area contributed by atoms with E-state index >= 15 is 0 Å². The first-order chi connectivity index (χ1) is 10.7. The van der Waals surface area contributed by atoms with Gasteiger partial charge in [0.25, 0.3) is 5.69 Å². The number of benzene rings is 1. The molecule has 1 fully saturated rings. The molecule has 0 aliphatic heterocycles. The normalized spacial score (nSPS) is 14.4. The van der Waals surface area contributed by atoms with E-state index in [0.29, 0.717) is 27.0 Å². The van der Waals surface area contributed by atoms with Gasteiger partial charge in [0.2, 0.25) is 5.16 Å². The lowest BCUT2D eigenvalue weighted by atomic mass is 10.2. The highest BCUT2D eigenvalue weighted by molar-refractivity contribution is 7.99. The molecule has 110 valence electrons. The molecule has 1 saturated carbocycles. The molecule has 1 aliphatic rings. The van der Waals surface area contributed by atoms with E-state index in [0.717, 1.165) is 12.8 Å².